The van der Waals surface area contributed by atoms with Crippen LogP contribution in [0.3, 0.4) is 0 Å². The lowest BCUT2D eigenvalue weighted by molar-refractivity contribution is -0.0592. The molecular formula is C21H24BFN10O10P2S. The number of H-pyrrole nitrogens is 1. The maximum Gasteiger partial charge on any atom is 0.325 e. The van der Waals surface area contributed by atoms with E-state index in [4.69, 9.17) is 63.1 Å². The van der Waals surface area contributed by atoms with Gasteiger partial charge in [0.1, 0.15) is 42.4 Å². The number of methoxy groups -OCH3 is 1. The van der Waals surface area contributed by atoms with Gasteiger partial charge < -0.3 is 44.1 Å². The molecular weight excluding hydrogens is 676 g/mol. The molecule has 0 saturated carbocycles. The SMILES string of the molecule is [B][P@]1(=O)OCC2OC(n3cnc4c(=O)[nH]c(N)nc43)C(OP(O)(=S)OCC3OC(n4cnc5c(N)ncnc54)C(F)C3O1)C2OC. The zero-order valence-corrected chi connectivity index (χ0v) is 26.0. The topological polar surface area (TPSA) is 261 Å². The third-order valence-corrected chi connectivity index (χ3v) is 10.2. The lowest BCUT2D eigenvalue weighted by atomic mass is 10.1. The molecule has 2 bridgehead atoms. The minimum atomic E-state index is -4.55. The number of hydrogen-bond acceptors (Lipinski definition) is 17. The number of nitrogen functional groups attached to an aromatic ring is 2. The molecule has 0 amide bonds. The fourth-order valence-corrected chi connectivity index (χ4v) is 7.97. The molecule has 10 atom stereocenters. The highest BCUT2D eigenvalue weighted by atomic mass is 32.5. The summed E-state index contributed by atoms with van der Waals surface area (Å²) in [6, 6.07) is 0. The Hall–Kier alpha value is -2.95. The van der Waals surface area contributed by atoms with Crippen LogP contribution in [-0.2, 0) is 48.7 Å². The molecule has 0 spiro atoms. The van der Waals surface area contributed by atoms with Gasteiger partial charge in [0.15, 0.2) is 41.3 Å². The lowest BCUT2D eigenvalue weighted by Gasteiger charge is -2.28. The van der Waals surface area contributed by atoms with Gasteiger partial charge in [0.25, 0.3) is 13.0 Å². The largest absolute Gasteiger partial charge is 0.382 e. The van der Waals surface area contributed by atoms with Crippen LogP contribution in [0.15, 0.2) is 23.8 Å². The van der Waals surface area contributed by atoms with E-state index in [1.165, 1.54) is 35.2 Å². The number of nitrogens with one attached hydrogen (secondary N) is 1. The van der Waals surface area contributed by atoms with E-state index in [0.29, 0.717) is 0 Å². The second kappa shape index (κ2) is 11.6. The normalized spacial score (nSPS) is 37.1. The van der Waals surface area contributed by atoms with Crippen molar-refractivity contribution in [1.29, 1.82) is 0 Å². The van der Waals surface area contributed by atoms with Crippen molar-refractivity contribution in [2.75, 3.05) is 31.8 Å². The second-order valence-corrected chi connectivity index (χ2v) is 14.7. The van der Waals surface area contributed by atoms with E-state index in [9.17, 15) is 14.3 Å². The van der Waals surface area contributed by atoms with Crippen LogP contribution in [0.25, 0.3) is 22.3 Å². The first-order valence-corrected chi connectivity index (χ1v) is 17.6. The van der Waals surface area contributed by atoms with Crippen molar-refractivity contribution in [3.63, 3.8) is 0 Å². The van der Waals surface area contributed by atoms with Gasteiger partial charge >= 0.3 is 6.72 Å². The molecule has 9 unspecified atom stereocenters. The van der Waals surface area contributed by atoms with Crippen LogP contribution in [0.1, 0.15) is 12.5 Å². The molecule has 46 heavy (non-hydrogen) atoms. The van der Waals surface area contributed by atoms with Crippen LogP contribution < -0.4 is 17.0 Å². The fourth-order valence-electron chi connectivity index (χ4n) is 5.56. The fraction of sp³-hybridized carbons (Fsp3) is 0.524. The van der Waals surface area contributed by atoms with E-state index in [0.717, 1.165) is 0 Å². The van der Waals surface area contributed by atoms with Crippen molar-refractivity contribution in [2.45, 2.75) is 49.1 Å². The third kappa shape index (κ3) is 5.54. The van der Waals surface area contributed by atoms with Crippen molar-refractivity contribution in [3.8, 4) is 0 Å². The molecule has 0 aliphatic carbocycles. The van der Waals surface area contributed by atoms with Crippen LogP contribution in [0.5, 0.6) is 0 Å². The second-order valence-electron chi connectivity index (χ2n) is 10.4. The predicted molar refractivity (Wildman–Crippen MR) is 157 cm³/mol. The van der Waals surface area contributed by atoms with Crippen molar-refractivity contribution >= 4 is 67.7 Å². The summed E-state index contributed by atoms with van der Waals surface area (Å²) in [4.78, 5) is 46.2. The summed E-state index contributed by atoms with van der Waals surface area (Å²) >= 11 is 5.31. The smallest absolute Gasteiger partial charge is 0.325 e. The van der Waals surface area contributed by atoms with Gasteiger partial charge in [-0.3, -0.25) is 28.0 Å². The number of ether oxygens (including phenoxy) is 3. The number of halogens is 1. The van der Waals surface area contributed by atoms with Gasteiger partial charge in [-0.2, -0.15) is 4.98 Å². The van der Waals surface area contributed by atoms with Crippen molar-refractivity contribution < 1.29 is 46.2 Å². The number of imidazole rings is 2. The molecule has 7 heterocycles. The molecule has 4 aromatic heterocycles. The molecule has 2 radical (unpaired) electrons. The highest BCUT2D eigenvalue weighted by Gasteiger charge is 2.53. The first-order chi connectivity index (χ1) is 21.9. The number of aromatic nitrogens is 8. The van der Waals surface area contributed by atoms with Gasteiger partial charge in [-0.05, 0) is 11.8 Å². The summed E-state index contributed by atoms with van der Waals surface area (Å²) < 4.78 is 72.1. The van der Waals surface area contributed by atoms with Crippen LogP contribution >= 0.6 is 14.2 Å². The van der Waals surface area contributed by atoms with Crippen LogP contribution in [-0.4, -0.2) is 109 Å². The van der Waals surface area contributed by atoms with E-state index in [1.807, 2.05) is 0 Å². The van der Waals surface area contributed by atoms with Gasteiger partial charge in [-0.25, -0.2) is 24.3 Å². The monoisotopic (exact) mass is 700 g/mol. The van der Waals surface area contributed by atoms with E-state index in [1.54, 1.807) is 0 Å². The summed E-state index contributed by atoms with van der Waals surface area (Å²) in [6.07, 6.45) is -7.46. The average Bonchev–Trinajstić information content (AvgIpc) is 3.75. The van der Waals surface area contributed by atoms with E-state index < -0.39 is 82.1 Å². The maximum atomic E-state index is 16.1. The molecule has 3 aliphatic heterocycles. The number of nitrogens with two attached hydrogens (primary N) is 2. The van der Waals surface area contributed by atoms with Crippen molar-refractivity contribution in [2.24, 2.45) is 0 Å². The first kappa shape index (κ1) is 31.6. The summed E-state index contributed by atoms with van der Waals surface area (Å²) in [6.45, 7) is -5.36. The molecule has 25 heteroatoms. The van der Waals surface area contributed by atoms with Crippen molar-refractivity contribution in [1.82, 2.24) is 39.0 Å². The maximum absolute atomic E-state index is 16.1. The highest BCUT2D eigenvalue weighted by Crippen LogP contribution is 2.54. The van der Waals surface area contributed by atoms with E-state index >= 15 is 4.39 Å². The molecule has 7 rings (SSSR count). The molecule has 20 nitrogen and oxygen atoms in total. The zero-order valence-electron chi connectivity index (χ0n) is 23.4. The van der Waals surface area contributed by atoms with Crippen LogP contribution in [0, 0.1) is 0 Å². The molecule has 3 saturated heterocycles. The van der Waals surface area contributed by atoms with Gasteiger partial charge in [0.05, 0.1) is 25.9 Å². The Labute approximate surface area is 263 Å². The molecule has 3 fully saturated rings. The van der Waals surface area contributed by atoms with Crippen LogP contribution in [0.2, 0.25) is 0 Å². The van der Waals surface area contributed by atoms with Gasteiger partial charge in [0.2, 0.25) is 13.5 Å². The van der Waals surface area contributed by atoms with Gasteiger partial charge in [0, 0.05) is 7.11 Å². The number of fused-ring (bicyclic) bond motifs is 5. The number of hydrogen-bond donors (Lipinski definition) is 4. The minimum Gasteiger partial charge on any atom is -0.382 e. The Morgan fingerprint density at radius 1 is 1.04 bits per heavy atom. The number of anilines is 2. The summed E-state index contributed by atoms with van der Waals surface area (Å²) in [5.74, 6) is -0.149. The summed E-state index contributed by atoms with van der Waals surface area (Å²) in [5, 5.41) is 0. The van der Waals surface area contributed by atoms with Crippen molar-refractivity contribution in [3.05, 3.63) is 29.3 Å². The highest BCUT2D eigenvalue weighted by molar-refractivity contribution is 8.07. The van der Waals surface area contributed by atoms with Crippen LogP contribution in [0.4, 0.5) is 16.2 Å². The number of nitrogens with zero attached hydrogens (tertiary/aromatic N) is 7. The standard InChI is InChI=1S/C21H24BFN10O10P2S/c1-37-13-8-2-38-44(22,35)42-12-7(40-19(9(12)23)32-5-28-10-15(24)26-4-27-16(10)32)3-39-45(36,46)43-14(13)20(41-8)33-6-29-11-17(33)30-21(25)31-18(11)34/h4-9,12-14,19-20H,2-3H2,1H3,(H,36,46)(H2,24,26,27)(H3,25,30,31,34)/t7?,8?,9?,12?,13?,14?,19?,20?,44-,45?/m0/s1. The quantitative estimate of drug-likeness (QED) is 0.156. The zero-order chi connectivity index (χ0) is 32.5. The summed E-state index contributed by atoms with van der Waals surface area (Å²) in [5.41, 5.74) is 11.3. The van der Waals surface area contributed by atoms with Gasteiger partial charge in [-0.15, -0.1) is 0 Å². The molecule has 3 aliphatic rings. The molecule has 0 aromatic carbocycles. The Morgan fingerprint density at radius 2 is 1.74 bits per heavy atom. The Kier molecular flexibility index (Phi) is 8.00. The molecule has 6 N–H and O–H groups in total. The van der Waals surface area contributed by atoms with E-state index in [-0.39, 0.29) is 34.1 Å². The third-order valence-electron chi connectivity index (χ3n) is 7.55. The Balaban J connectivity index is 1.22. The minimum absolute atomic E-state index is 0.0126. The average molecular weight is 700 g/mol. The van der Waals surface area contributed by atoms with Gasteiger partial charge in [-0.1, -0.05) is 0 Å². The van der Waals surface area contributed by atoms with E-state index in [2.05, 4.69) is 29.9 Å². The Morgan fingerprint density at radius 3 is 2.50 bits per heavy atom. The Bertz CT molecular complexity index is 1970. The number of alkyl halides is 1. The summed E-state index contributed by atoms with van der Waals surface area (Å²) in [7, 11) is 2.69. The predicted octanol–water partition coefficient (Wildman–Crippen LogP) is -0.418. The number of rotatable bonds is 3. The molecule has 4 aromatic rings. The lowest BCUT2D eigenvalue weighted by Crippen LogP contribution is -2.37. The first-order valence-electron chi connectivity index (χ1n) is 13.4. The number of aromatic amines is 1. The molecule has 244 valence electrons.